The van der Waals surface area contributed by atoms with Gasteiger partial charge in [0, 0.05) is 24.0 Å². The zero-order valence-electron chi connectivity index (χ0n) is 7.93. The first kappa shape index (κ1) is 10.2. The van der Waals surface area contributed by atoms with Crippen LogP contribution in [0.25, 0.3) is 6.08 Å². The zero-order chi connectivity index (χ0) is 10.4. The van der Waals surface area contributed by atoms with Crippen LogP contribution in [-0.2, 0) is 9.53 Å². The third-order valence-corrected chi connectivity index (χ3v) is 1.44. The Morgan fingerprint density at radius 3 is 2.50 bits per heavy atom. The molecule has 1 rings (SSSR count). The predicted octanol–water partition coefficient (Wildman–Crippen LogP) is 0.671. The Bertz CT molecular complexity index is 332. The first-order chi connectivity index (χ1) is 6.76. The second-order valence-corrected chi connectivity index (χ2v) is 2.36. The van der Waals surface area contributed by atoms with Gasteiger partial charge in [0.1, 0.15) is 0 Å². The van der Waals surface area contributed by atoms with Gasteiger partial charge in [0.2, 0.25) is 0 Å². The van der Waals surface area contributed by atoms with E-state index in [2.05, 4.69) is 14.7 Å². The molecule has 1 aromatic heterocycles. The van der Waals surface area contributed by atoms with E-state index in [0.717, 1.165) is 0 Å². The highest BCUT2D eigenvalue weighted by atomic mass is 16.5. The minimum absolute atomic E-state index is 0.292. The summed E-state index contributed by atoms with van der Waals surface area (Å²) in [5.41, 5.74) is 0.705. The van der Waals surface area contributed by atoms with Gasteiger partial charge in [0.05, 0.1) is 14.2 Å². The molecule has 0 bridgehead atoms. The molecule has 0 aromatic carbocycles. The third kappa shape index (κ3) is 2.85. The van der Waals surface area contributed by atoms with Crippen LogP contribution >= 0.6 is 0 Å². The molecule has 0 saturated carbocycles. The molecule has 0 aliphatic heterocycles. The lowest BCUT2D eigenvalue weighted by Crippen LogP contribution is -1.94. The molecular formula is C9H10N2O3. The number of carbonyl (C=O) groups is 1. The van der Waals surface area contributed by atoms with E-state index in [0.29, 0.717) is 11.6 Å². The van der Waals surface area contributed by atoms with Crippen LogP contribution in [0, 0.1) is 0 Å². The Morgan fingerprint density at radius 1 is 1.36 bits per heavy atom. The van der Waals surface area contributed by atoms with Crippen LogP contribution < -0.4 is 4.74 Å². The fourth-order valence-electron chi connectivity index (χ4n) is 0.750. The van der Waals surface area contributed by atoms with Crippen LogP contribution in [0.15, 0.2) is 18.5 Å². The lowest BCUT2D eigenvalue weighted by Gasteiger charge is -1.96. The molecule has 0 fully saturated rings. The fraction of sp³-hybridized carbons (Fsp3) is 0.222. The maximum atomic E-state index is 10.7. The second-order valence-electron chi connectivity index (χ2n) is 2.36. The molecule has 0 spiro atoms. The number of carbonyl (C=O) groups excluding carboxylic acids is 1. The summed E-state index contributed by atoms with van der Waals surface area (Å²) in [4.78, 5) is 18.5. The van der Waals surface area contributed by atoms with Crippen molar-refractivity contribution >= 4 is 12.0 Å². The SMILES string of the molecule is COC(=O)C=Cc1cnc(OC)nc1. The van der Waals surface area contributed by atoms with E-state index in [4.69, 9.17) is 4.74 Å². The van der Waals surface area contributed by atoms with E-state index >= 15 is 0 Å². The predicted molar refractivity (Wildman–Crippen MR) is 49.6 cm³/mol. The van der Waals surface area contributed by atoms with Crippen LogP contribution in [0.3, 0.4) is 0 Å². The van der Waals surface area contributed by atoms with E-state index in [1.165, 1.54) is 20.3 Å². The summed E-state index contributed by atoms with van der Waals surface area (Å²) >= 11 is 0. The highest BCUT2D eigenvalue weighted by Crippen LogP contribution is 2.03. The van der Waals surface area contributed by atoms with Gasteiger partial charge < -0.3 is 9.47 Å². The Balaban J connectivity index is 2.68. The molecule has 74 valence electrons. The third-order valence-electron chi connectivity index (χ3n) is 1.44. The van der Waals surface area contributed by atoms with Gasteiger partial charge in [-0.15, -0.1) is 0 Å². The highest BCUT2D eigenvalue weighted by molar-refractivity contribution is 5.86. The summed E-state index contributed by atoms with van der Waals surface area (Å²) < 4.78 is 9.20. The van der Waals surface area contributed by atoms with Crippen molar-refractivity contribution in [2.45, 2.75) is 0 Å². The van der Waals surface area contributed by atoms with Crippen LogP contribution in [0.5, 0.6) is 6.01 Å². The average Bonchev–Trinajstić information content (AvgIpc) is 2.26. The van der Waals surface area contributed by atoms with Crippen molar-refractivity contribution in [3.63, 3.8) is 0 Å². The quantitative estimate of drug-likeness (QED) is 0.522. The monoisotopic (exact) mass is 194 g/mol. The minimum Gasteiger partial charge on any atom is -0.467 e. The molecule has 0 aliphatic rings. The van der Waals surface area contributed by atoms with E-state index in [9.17, 15) is 4.79 Å². The van der Waals surface area contributed by atoms with E-state index in [-0.39, 0.29) is 0 Å². The van der Waals surface area contributed by atoms with Crippen molar-refractivity contribution in [2.24, 2.45) is 0 Å². The fourth-order valence-corrected chi connectivity index (χ4v) is 0.750. The van der Waals surface area contributed by atoms with Gasteiger partial charge in [-0.05, 0) is 6.08 Å². The Kier molecular flexibility index (Phi) is 3.60. The summed E-state index contributed by atoms with van der Waals surface area (Å²) in [6.45, 7) is 0. The number of aromatic nitrogens is 2. The smallest absolute Gasteiger partial charge is 0.330 e. The molecular weight excluding hydrogens is 184 g/mol. The van der Waals surface area contributed by atoms with Crippen molar-refractivity contribution in [2.75, 3.05) is 14.2 Å². The lowest BCUT2D eigenvalue weighted by atomic mass is 10.3. The first-order valence-corrected chi connectivity index (χ1v) is 3.88. The van der Waals surface area contributed by atoms with E-state index in [1.807, 2.05) is 0 Å². The maximum Gasteiger partial charge on any atom is 0.330 e. The number of rotatable bonds is 3. The van der Waals surface area contributed by atoms with Crippen molar-refractivity contribution in [3.05, 3.63) is 24.0 Å². The maximum absolute atomic E-state index is 10.7. The second kappa shape index (κ2) is 4.96. The topological polar surface area (TPSA) is 61.3 Å². The molecule has 5 nitrogen and oxygen atoms in total. The number of ether oxygens (including phenoxy) is 2. The standard InChI is InChI=1S/C9H10N2O3/c1-13-8(12)4-3-7-5-10-9(14-2)11-6-7/h3-6H,1-2H3. The summed E-state index contributed by atoms with van der Waals surface area (Å²) in [5, 5.41) is 0. The largest absolute Gasteiger partial charge is 0.467 e. The minimum atomic E-state index is -0.416. The number of esters is 1. The van der Waals surface area contributed by atoms with Gasteiger partial charge in [-0.1, -0.05) is 0 Å². The van der Waals surface area contributed by atoms with Gasteiger partial charge in [-0.25, -0.2) is 14.8 Å². The molecule has 5 heteroatoms. The van der Waals surface area contributed by atoms with Gasteiger partial charge >= 0.3 is 12.0 Å². The molecule has 0 atom stereocenters. The summed E-state index contributed by atoms with van der Waals surface area (Å²) in [5.74, 6) is -0.416. The highest BCUT2D eigenvalue weighted by Gasteiger charge is 1.95. The van der Waals surface area contributed by atoms with Crippen molar-refractivity contribution in [3.8, 4) is 6.01 Å². The summed E-state index contributed by atoms with van der Waals surface area (Å²) in [6, 6.07) is 0.292. The Labute approximate surface area is 81.4 Å². The van der Waals surface area contributed by atoms with Gasteiger partial charge in [-0.2, -0.15) is 0 Å². The number of methoxy groups -OCH3 is 2. The molecule has 0 N–H and O–H groups in total. The zero-order valence-corrected chi connectivity index (χ0v) is 7.93. The summed E-state index contributed by atoms with van der Waals surface area (Å²) in [6.07, 6.45) is 5.95. The molecule has 0 saturated heterocycles. The van der Waals surface area contributed by atoms with Crippen molar-refractivity contribution in [1.82, 2.24) is 9.97 Å². The van der Waals surface area contributed by atoms with Crippen molar-refractivity contribution in [1.29, 1.82) is 0 Å². The molecule has 0 unspecified atom stereocenters. The van der Waals surface area contributed by atoms with Gasteiger partial charge in [-0.3, -0.25) is 0 Å². The summed E-state index contributed by atoms with van der Waals surface area (Å²) in [7, 11) is 2.80. The first-order valence-electron chi connectivity index (χ1n) is 3.88. The van der Waals surface area contributed by atoms with E-state index in [1.54, 1.807) is 18.5 Å². The molecule has 1 aromatic rings. The molecule has 0 radical (unpaired) electrons. The Hall–Kier alpha value is -1.91. The molecule has 0 amide bonds. The molecule has 1 heterocycles. The molecule has 0 aliphatic carbocycles. The normalized spacial score (nSPS) is 10.1. The molecule has 14 heavy (non-hydrogen) atoms. The van der Waals surface area contributed by atoms with Crippen LogP contribution in [0.1, 0.15) is 5.56 Å². The van der Waals surface area contributed by atoms with Gasteiger partial charge in [0.25, 0.3) is 0 Å². The van der Waals surface area contributed by atoms with Crippen LogP contribution in [-0.4, -0.2) is 30.2 Å². The lowest BCUT2D eigenvalue weighted by molar-refractivity contribution is -0.134. The van der Waals surface area contributed by atoms with E-state index < -0.39 is 5.97 Å². The Morgan fingerprint density at radius 2 is 2.00 bits per heavy atom. The average molecular weight is 194 g/mol. The van der Waals surface area contributed by atoms with Crippen molar-refractivity contribution < 1.29 is 14.3 Å². The number of hydrogen-bond donors (Lipinski definition) is 0. The number of nitrogens with zero attached hydrogens (tertiary/aromatic N) is 2. The van der Waals surface area contributed by atoms with Crippen LogP contribution in [0.4, 0.5) is 0 Å². The number of hydrogen-bond acceptors (Lipinski definition) is 5. The van der Waals surface area contributed by atoms with Gasteiger partial charge in [0.15, 0.2) is 0 Å². The van der Waals surface area contributed by atoms with Crippen LogP contribution in [0.2, 0.25) is 0 Å².